The first-order valence-electron chi connectivity index (χ1n) is 8.99. The summed E-state index contributed by atoms with van der Waals surface area (Å²) in [4.78, 5) is 8.58. The second kappa shape index (κ2) is 8.71. The largest absolute Gasteiger partial charge is 0.487 e. The molecule has 0 fully saturated rings. The van der Waals surface area contributed by atoms with Crippen LogP contribution in [0.4, 0.5) is 15.9 Å². The standard InChI is InChI=1S/C23H17ClFN3O/c24-20-12-19(9-10-22(20)29-14-16-5-4-8-18(25)11-16)28-23-13-21(26-15-27-23)17-6-2-1-3-7-17/h1-13,15H,14H2,(H,26,27,28). The lowest BCUT2D eigenvalue weighted by atomic mass is 10.1. The van der Waals surface area contributed by atoms with E-state index in [2.05, 4.69) is 15.3 Å². The van der Waals surface area contributed by atoms with Crippen molar-refractivity contribution < 1.29 is 9.13 Å². The van der Waals surface area contributed by atoms with E-state index in [1.165, 1.54) is 18.5 Å². The molecule has 0 spiro atoms. The van der Waals surface area contributed by atoms with Gasteiger partial charge in [0.05, 0.1) is 10.7 Å². The summed E-state index contributed by atoms with van der Waals surface area (Å²) in [7, 11) is 0. The number of nitrogens with one attached hydrogen (secondary N) is 1. The number of nitrogens with zero attached hydrogens (tertiary/aromatic N) is 2. The highest BCUT2D eigenvalue weighted by molar-refractivity contribution is 6.32. The van der Waals surface area contributed by atoms with Crippen LogP contribution in [0.1, 0.15) is 5.56 Å². The van der Waals surface area contributed by atoms with E-state index < -0.39 is 0 Å². The van der Waals surface area contributed by atoms with E-state index in [9.17, 15) is 4.39 Å². The van der Waals surface area contributed by atoms with Crippen molar-refractivity contribution in [3.8, 4) is 17.0 Å². The third kappa shape index (κ3) is 4.89. The maximum absolute atomic E-state index is 13.3. The lowest BCUT2D eigenvalue weighted by Crippen LogP contribution is -1.98. The summed E-state index contributed by atoms with van der Waals surface area (Å²) in [6, 6.07) is 23.4. The maximum Gasteiger partial charge on any atom is 0.138 e. The molecule has 4 rings (SSSR count). The molecule has 1 aromatic heterocycles. The van der Waals surface area contributed by atoms with Crippen LogP contribution in [0, 0.1) is 5.82 Å². The summed E-state index contributed by atoms with van der Waals surface area (Å²) in [6.07, 6.45) is 1.52. The Hall–Kier alpha value is -3.44. The fourth-order valence-corrected chi connectivity index (χ4v) is 3.06. The SMILES string of the molecule is Fc1cccc(COc2ccc(Nc3cc(-c4ccccc4)ncn3)cc2Cl)c1. The fraction of sp³-hybridized carbons (Fsp3) is 0.0435. The van der Waals surface area contributed by atoms with E-state index in [0.717, 1.165) is 22.5 Å². The predicted molar refractivity (Wildman–Crippen MR) is 113 cm³/mol. The van der Waals surface area contributed by atoms with Crippen molar-refractivity contribution in [3.63, 3.8) is 0 Å². The van der Waals surface area contributed by atoms with Gasteiger partial charge in [-0.1, -0.05) is 54.1 Å². The Balaban J connectivity index is 1.46. The van der Waals surface area contributed by atoms with Gasteiger partial charge in [0, 0.05) is 17.3 Å². The van der Waals surface area contributed by atoms with E-state index >= 15 is 0 Å². The second-order valence-corrected chi connectivity index (χ2v) is 6.75. The summed E-state index contributed by atoms with van der Waals surface area (Å²) < 4.78 is 19.0. The quantitative estimate of drug-likeness (QED) is 0.411. The zero-order valence-corrected chi connectivity index (χ0v) is 16.1. The molecule has 0 aliphatic rings. The van der Waals surface area contributed by atoms with Crippen LogP contribution in [-0.2, 0) is 6.61 Å². The average molecular weight is 406 g/mol. The topological polar surface area (TPSA) is 47.0 Å². The molecular formula is C23H17ClFN3O. The maximum atomic E-state index is 13.3. The van der Waals surface area contributed by atoms with E-state index in [0.29, 0.717) is 16.6 Å². The molecule has 29 heavy (non-hydrogen) atoms. The Bertz CT molecular complexity index is 1120. The molecule has 0 saturated carbocycles. The average Bonchev–Trinajstić information content (AvgIpc) is 2.74. The minimum Gasteiger partial charge on any atom is -0.487 e. The van der Waals surface area contributed by atoms with E-state index in [-0.39, 0.29) is 12.4 Å². The summed E-state index contributed by atoms with van der Waals surface area (Å²) in [6.45, 7) is 0.233. The molecule has 3 aromatic carbocycles. The highest BCUT2D eigenvalue weighted by atomic mass is 35.5. The van der Waals surface area contributed by atoms with Gasteiger partial charge in [0.1, 0.15) is 30.3 Å². The Morgan fingerprint density at radius 3 is 2.55 bits per heavy atom. The van der Waals surface area contributed by atoms with Crippen molar-refractivity contribution in [2.24, 2.45) is 0 Å². The van der Waals surface area contributed by atoms with Crippen molar-refractivity contribution in [2.45, 2.75) is 6.61 Å². The highest BCUT2D eigenvalue weighted by Gasteiger charge is 2.07. The normalized spacial score (nSPS) is 10.6. The van der Waals surface area contributed by atoms with Gasteiger partial charge in [-0.05, 0) is 35.9 Å². The Morgan fingerprint density at radius 1 is 0.897 bits per heavy atom. The molecule has 4 aromatic rings. The third-order valence-electron chi connectivity index (χ3n) is 4.22. The first-order chi connectivity index (χ1) is 14.2. The number of ether oxygens (including phenoxy) is 1. The minimum atomic E-state index is -0.295. The molecule has 1 N–H and O–H groups in total. The van der Waals surface area contributed by atoms with Gasteiger partial charge < -0.3 is 10.1 Å². The van der Waals surface area contributed by atoms with Crippen molar-refractivity contribution in [3.05, 3.63) is 102 Å². The Labute approximate surface area is 173 Å². The van der Waals surface area contributed by atoms with Gasteiger partial charge in [-0.15, -0.1) is 0 Å². The molecule has 0 amide bonds. The van der Waals surface area contributed by atoms with Crippen LogP contribution in [0.25, 0.3) is 11.3 Å². The van der Waals surface area contributed by atoms with E-state index in [1.54, 1.807) is 24.3 Å². The zero-order chi connectivity index (χ0) is 20.1. The second-order valence-electron chi connectivity index (χ2n) is 6.34. The molecule has 0 saturated heterocycles. The van der Waals surface area contributed by atoms with Crippen molar-refractivity contribution in [2.75, 3.05) is 5.32 Å². The monoisotopic (exact) mass is 405 g/mol. The molecule has 0 unspecified atom stereocenters. The third-order valence-corrected chi connectivity index (χ3v) is 4.52. The molecule has 4 nitrogen and oxygen atoms in total. The highest BCUT2D eigenvalue weighted by Crippen LogP contribution is 2.30. The van der Waals surface area contributed by atoms with Crippen LogP contribution in [0.2, 0.25) is 5.02 Å². The lowest BCUT2D eigenvalue weighted by molar-refractivity contribution is 0.306. The first-order valence-corrected chi connectivity index (χ1v) is 9.36. The molecule has 0 aliphatic carbocycles. The number of halogens is 2. The van der Waals surface area contributed by atoms with Gasteiger partial charge in [-0.2, -0.15) is 0 Å². The van der Waals surface area contributed by atoms with Gasteiger partial charge in [0.15, 0.2) is 0 Å². The smallest absolute Gasteiger partial charge is 0.138 e. The molecule has 1 heterocycles. The van der Waals surface area contributed by atoms with Crippen LogP contribution in [0.5, 0.6) is 5.75 Å². The summed E-state index contributed by atoms with van der Waals surface area (Å²) >= 11 is 6.35. The molecule has 6 heteroatoms. The number of anilines is 2. The number of hydrogen-bond acceptors (Lipinski definition) is 4. The van der Waals surface area contributed by atoms with Gasteiger partial charge in [-0.3, -0.25) is 0 Å². The zero-order valence-electron chi connectivity index (χ0n) is 15.3. The molecule has 0 aliphatic heterocycles. The van der Waals surface area contributed by atoms with Gasteiger partial charge in [-0.25, -0.2) is 14.4 Å². The van der Waals surface area contributed by atoms with Crippen LogP contribution in [-0.4, -0.2) is 9.97 Å². The fourth-order valence-electron chi connectivity index (χ4n) is 2.82. The molecule has 0 bridgehead atoms. The molecule has 144 valence electrons. The minimum absolute atomic E-state index is 0.233. The lowest BCUT2D eigenvalue weighted by Gasteiger charge is -2.11. The molecule has 0 radical (unpaired) electrons. The van der Waals surface area contributed by atoms with Gasteiger partial charge in [0.25, 0.3) is 0 Å². The number of hydrogen-bond donors (Lipinski definition) is 1. The van der Waals surface area contributed by atoms with Crippen LogP contribution in [0.3, 0.4) is 0 Å². The van der Waals surface area contributed by atoms with Crippen LogP contribution < -0.4 is 10.1 Å². The van der Waals surface area contributed by atoms with Crippen LogP contribution in [0.15, 0.2) is 85.2 Å². The first kappa shape index (κ1) is 18.9. The van der Waals surface area contributed by atoms with Crippen LogP contribution >= 0.6 is 11.6 Å². The summed E-state index contributed by atoms with van der Waals surface area (Å²) in [5, 5.41) is 3.67. The van der Waals surface area contributed by atoms with Gasteiger partial charge in [0.2, 0.25) is 0 Å². The van der Waals surface area contributed by atoms with Crippen molar-refractivity contribution >= 4 is 23.1 Å². The number of benzene rings is 3. The van der Waals surface area contributed by atoms with Gasteiger partial charge >= 0.3 is 0 Å². The van der Waals surface area contributed by atoms with Crippen molar-refractivity contribution in [1.82, 2.24) is 9.97 Å². The Kier molecular flexibility index (Phi) is 5.68. The summed E-state index contributed by atoms with van der Waals surface area (Å²) in [5.41, 5.74) is 3.34. The molecule has 0 atom stereocenters. The van der Waals surface area contributed by atoms with Crippen molar-refractivity contribution in [1.29, 1.82) is 0 Å². The molecular weight excluding hydrogens is 389 g/mol. The Morgan fingerprint density at radius 2 is 1.76 bits per heavy atom. The number of aromatic nitrogens is 2. The van der Waals surface area contributed by atoms with E-state index in [4.69, 9.17) is 16.3 Å². The summed E-state index contributed by atoms with van der Waals surface area (Å²) in [5.74, 6) is 0.883. The van der Waals surface area contributed by atoms with E-state index in [1.807, 2.05) is 42.5 Å². The number of rotatable bonds is 6. The predicted octanol–water partition coefficient (Wildman–Crippen LogP) is 6.26.